The van der Waals surface area contributed by atoms with E-state index in [0.717, 1.165) is 35.3 Å². The van der Waals surface area contributed by atoms with Gasteiger partial charge in [0, 0.05) is 31.2 Å². The Morgan fingerprint density at radius 2 is 1.84 bits per heavy atom. The van der Waals surface area contributed by atoms with Crippen molar-refractivity contribution in [1.82, 2.24) is 14.7 Å². The first-order chi connectivity index (χ1) is 15.5. The number of hydrogen-bond donors (Lipinski definition) is 1. The lowest BCUT2D eigenvalue weighted by Crippen LogP contribution is -2.41. The molecule has 1 saturated carbocycles. The number of carbonyl (C=O) groups excluding carboxylic acids is 2. The Hall–Kier alpha value is -3.45. The smallest absolute Gasteiger partial charge is 0.245 e. The highest BCUT2D eigenvalue weighted by atomic mass is 16.5. The van der Waals surface area contributed by atoms with E-state index in [-0.39, 0.29) is 24.3 Å². The Bertz CT molecular complexity index is 1070. The third kappa shape index (κ3) is 5.23. The molecule has 0 radical (unpaired) electrons. The van der Waals surface area contributed by atoms with Crippen LogP contribution in [0.3, 0.4) is 0 Å². The predicted molar refractivity (Wildman–Crippen MR) is 124 cm³/mol. The van der Waals surface area contributed by atoms with E-state index < -0.39 is 0 Å². The third-order valence-electron chi connectivity index (χ3n) is 5.46. The lowest BCUT2D eigenvalue weighted by Gasteiger charge is -2.22. The van der Waals surface area contributed by atoms with Gasteiger partial charge in [0.1, 0.15) is 5.82 Å². The molecule has 0 unspecified atom stereocenters. The average molecular weight is 433 g/mol. The molecule has 32 heavy (non-hydrogen) atoms. The summed E-state index contributed by atoms with van der Waals surface area (Å²) >= 11 is 0. The number of ether oxygens (including phenoxy) is 1. The number of aromatic nitrogens is 2. The summed E-state index contributed by atoms with van der Waals surface area (Å²) in [6, 6.07) is 19.6. The van der Waals surface area contributed by atoms with Crippen molar-refractivity contribution < 1.29 is 14.3 Å². The van der Waals surface area contributed by atoms with E-state index in [1.807, 2.05) is 67.6 Å². The molecule has 166 valence electrons. The zero-order chi connectivity index (χ0) is 22.5. The van der Waals surface area contributed by atoms with Crippen molar-refractivity contribution in [2.75, 3.05) is 32.1 Å². The van der Waals surface area contributed by atoms with Gasteiger partial charge in [0.15, 0.2) is 0 Å². The minimum atomic E-state index is -0.261. The number of rotatable bonds is 9. The molecular formula is C25H28N4O3. The third-order valence-corrected chi connectivity index (χ3v) is 5.46. The van der Waals surface area contributed by atoms with Crippen molar-refractivity contribution in [2.45, 2.75) is 19.8 Å². The Morgan fingerprint density at radius 3 is 2.50 bits per heavy atom. The molecule has 0 atom stereocenters. The highest BCUT2D eigenvalue weighted by Crippen LogP contribution is 2.31. The molecule has 2 aromatic carbocycles. The Balaban J connectivity index is 1.58. The van der Waals surface area contributed by atoms with Crippen LogP contribution < -0.4 is 5.32 Å². The zero-order valence-electron chi connectivity index (χ0n) is 18.5. The molecule has 0 spiro atoms. The maximum atomic E-state index is 12.9. The van der Waals surface area contributed by atoms with E-state index in [4.69, 9.17) is 9.84 Å². The van der Waals surface area contributed by atoms with Crippen LogP contribution >= 0.6 is 0 Å². The minimum Gasteiger partial charge on any atom is -0.383 e. The van der Waals surface area contributed by atoms with E-state index in [1.165, 1.54) is 0 Å². The number of hydrogen-bond acceptors (Lipinski definition) is 4. The maximum Gasteiger partial charge on any atom is 0.245 e. The summed E-state index contributed by atoms with van der Waals surface area (Å²) in [6.07, 6.45) is 1.79. The Labute approximate surface area is 188 Å². The van der Waals surface area contributed by atoms with Crippen LogP contribution in [-0.2, 0) is 14.3 Å². The van der Waals surface area contributed by atoms with Crippen LogP contribution in [-0.4, -0.2) is 53.3 Å². The number of nitrogens with one attached hydrogen (secondary N) is 1. The van der Waals surface area contributed by atoms with Crippen molar-refractivity contribution in [3.05, 3.63) is 66.2 Å². The lowest BCUT2D eigenvalue weighted by atomic mass is 10.1. The molecule has 2 amide bonds. The molecule has 0 bridgehead atoms. The molecule has 1 aliphatic carbocycles. The predicted octanol–water partition coefficient (Wildman–Crippen LogP) is 3.67. The van der Waals surface area contributed by atoms with Gasteiger partial charge in [-0.05, 0) is 31.9 Å². The second kappa shape index (κ2) is 9.78. The van der Waals surface area contributed by atoms with E-state index in [2.05, 4.69) is 5.32 Å². The SMILES string of the molecule is COCCN(CC(=O)Nc1cc(-c2ccccc2)nn1-c1ccc(C)cc1)C(=O)C1CC1. The monoisotopic (exact) mass is 432 g/mol. The van der Waals surface area contributed by atoms with Gasteiger partial charge in [-0.3, -0.25) is 9.59 Å². The number of nitrogens with zero attached hydrogens (tertiary/aromatic N) is 3. The van der Waals surface area contributed by atoms with Crippen LogP contribution in [0, 0.1) is 12.8 Å². The van der Waals surface area contributed by atoms with Crippen LogP contribution in [0.25, 0.3) is 16.9 Å². The summed E-state index contributed by atoms with van der Waals surface area (Å²) in [5, 5.41) is 7.70. The van der Waals surface area contributed by atoms with Crippen LogP contribution in [0.2, 0.25) is 0 Å². The lowest BCUT2D eigenvalue weighted by molar-refractivity contribution is -0.136. The van der Waals surface area contributed by atoms with Crippen LogP contribution in [0.5, 0.6) is 0 Å². The van der Waals surface area contributed by atoms with Crippen LogP contribution in [0.4, 0.5) is 5.82 Å². The highest BCUT2D eigenvalue weighted by molar-refractivity contribution is 5.95. The molecule has 1 fully saturated rings. The summed E-state index contributed by atoms with van der Waals surface area (Å²) in [7, 11) is 1.59. The summed E-state index contributed by atoms with van der Waals surface area (Å²) in [6.45, 7) is 2.80. The van der Waals surface area contributed by atoms with Crippen LogP contribution in [0.15, 0.2) is 60.7 Å². The summed E-state index contributed by atoms with van der Waals surface area (Å²) in [5.41, 5.74) is 3.70. The Morgan fingerprint density at radius 1 is 1.12 bits per heavy atom. The van der Waals surface area contributed by atoms with Crippen LogP contribution in [0.1, 0.15) is 18.4 Å². The molecule has 1 aromatic heterocycles. The topological polar surface area (TPSA) is 76.5 Å². The fraction of sp³-hybridized carbons (Fsp3) is 0.320. The largest absolute Gasteiger partial charge is 0.383 e. The molecule has 1 N–H and O–H groups in total. The molecule has 4 rings (SSSR count). The molecule has 7 heteroatoms. The fourth-order valence-corrected chi connectivity index (χ4v) is 3.52. The number of benzene rings is 2. The first kappa shape index (κ1) is 21.8. The van der Waals surface area contributed by atoms with Crippen molar-refractivity contribution in [3.8, 4) is 16.9 Å². The molecule has 1 aliphatic rings. The van der Waals surface area contributed by atoms with E-state index in [9.17, 15) is 9.59 Å². The van der Waals surface area contributed by atoms with Crippen molar-refractivity contribution >= 4 is 17.6 Å². The maximum absolute atomic E-state index is 12.9. The molecule has 0 saturated heterocycles. The minimum absolute atomic E-state index is 0.0154. The van der Waals surface area contributed by atoms with Gasteiger partial charge in [0.05, 0.1) is 24.5 Å². The first-order valence-corrected chi connectivity index (χ1v) is 10.9. The van der Waals surface area contributed by atoms with Gasteiger partial charge in [0.25, 0.3) is 0 Å². The molecule has 0 aliphatic heterocycles. The fourth-order valence-electron chi connectivity index (χ4n) is 3.52. The standard InChI is InChI=1S/C25H28N4O3/c1-18-8-12-21(13-9-18)29-23(16-22(27-29)19-6-4-3-5-7-19)26-24(30)17-28(14-15-32-2)25(31)20-10-11-20/h3-9,12-13,16,20H,10-11,14-15,17H2,1-2H3,(H,26,30). The van der Waals surface area contributed by atoms with Gasteiger partial charge in [-0.2, -0.15) is 5.10 Å². The highest BCUT2D eigenvalue weighted by Gasteiger charge is 2.34. The Kier molecular flexibility index (Phi) is 6.66. The number of aryl methyl sites for hydroxylation is 1. The quantitative estimate of drug-likeness (QED) is 0.560. The van der Waals surface area contributed by atoms with Gasteiger partial charge in [-0.1, -0.05) is 48.0 Å². The average Bonchev–Trinajstić information content (AvgIpc) is 3.58. The second-order valence-corrected chi connectivity index (χ2v) is 8.10. The van der Waals surface area contributed by atoms with E-state index in [1.54, 1.807) is 16.7 Å². The van der Waals surface area contributed by atoms with Crippen molar-refractivity contribution in [1.29, 1.82) is 0 Å². The normalized spacial score (nSPS) is 13.1. The van der Waals surface area contributed by atoms with Crippen molar-refractivity contribution in [2.24, 2.45) is 5.92 Å². The molecule has 7 nitrogen and oxygen atoms in total. The first-order valence-electron chi connectivity index (χ1n) is 10.9. The molecule has 1 heterocycles. The van der Waals surface area contributed by atoms with E-state index in [0.29, 0.717) is 19.0 Å². The van der Waals surface area contributed by atoms with Gasteiger partial charge in [-0.15, -0.1) is 0 Å². The molecular weight excluding hydrogens is 404 g/mol. The van der Waals surface area contributed by atoms with Gasteiger partial charge >= 0.3 is 0 Å². The van der Waals surface area contributed by atoms with Crippen molar-refractivity contribution in [3.63, 3.8) is 0 Å². The second-order valence-electron chi connectivity index (χ2n) is 8.10. The summed E-state index contributed by atoms with van der Waals surface area (Å²) in [4.78, 5) is 27.1. The van der Waals surface area contributed by atoms with Gasteiger partial charge < -0.3 is 15.0 Å². The summed E-state index contributed by atoms with van der Waals surface area (Å²) < 4.78 is 6.85. The zero-order valence-corrected chi connectivity index (χ0v) is 18.5. The number of methoxy groups -OCH3 is 1. The molecule has 3 aromatic rings. The van der Waals surface area contributed by atoms with Gasteiger partial charge in [-0.25, -0.2) is 4.68 Å². The number of carbonyl (C=O) groups is 2. The number of anilines is 1. The van der Waals surface area contributed by atoms with E-state index >= 15 is 0 Å². The number of amides is 2. The van der Waals surface area contributed by atoms with Gasteiger partial charge in [0.2, 0.25) is 11.8 Å². The summed E-state index contributed by atoms with van der Waals surface area (Å²) in [5.74, 6) is 0.364.